The number of ether oxygens (including phenoxy) is 1. The first-order valence-corrected chi connectivity index (χ1v) is 14.4. The van der Waals surface area contributed by atoms with E-state index in [0.717, 1.165) is 15.3 Å². The molecule has 3 amide bonds. The maximum atomic E-state index is 14.0. The van der Waals surface area contributed by atoms with Crippen molar-refractivity contribution >= 4 is 38.4 Å². The summed E-state index contributed by atoms with van der Waals surface area (Å²) in [5.74, 6) is -0.364. The summed E-state index contributed by atoms with van der Waals surface area (Å²) >= 11 is 0. The average molecular weight is 577 g/mol. The van der Waals surface area contributed by atoms with Gasteiger partial charge in [0.05, 0.1) is 12.0 Å². The Bertz CT molecular complexity index is 1670. The fraction of sp³-hybridized carbons (Fsp3) is 0.200. The van der Waals surface area contributed by atoms with Gasteiger partial charge in [0.15, 0.2) is 0 Å². The summed E-state index contributed by atoms with van der Waals surface area (Å²) in [6.07, 6.45) is 0. The molecular formula is C30H29FN4O5S. The second-order valence-electron chi connectivity index (χ2n) is 9.56. The normalized spacial score (nSPS) is 15.9. The van der Waals surface area contributed by atoms with E-state index in [1.165, 1.54) is 35.2 Å². The summed E-state index contributed by atoms with van der Waals surface area (Å²) in [6.45, 7) is -0.0895. The number of benzene rings is 4. The highest BCUT2D eigenvalue weighted by atomic mass is 32.2. The van der Waals surface area contributed by atoms with Gasteiger partial charge in [-0.1, -0.05) is 48.5 Å². The van der Waals surface area contributed by atoms with Crippen LogP contribution in [0.1, 0.15) is 5.56 Å². The maximum Gasteiger partial charge on any atom is 0.321 e. The number of halogens is 1. The Hall–Kier alpha value is -4.48. The minimum absolute atomic E-state index is 0.0523. The molecule has 41 heavy (non-hydrogen) atoms. The van der Waals surface area contributed by atoms with Crippen LogP contribution in [0, 0.1) is 5.82 Å². The lowest BCUT2D eigenvalue weighted by molar-refractivity contribution is -0.126. The first kappa shape index (κ1) is 28.1. The van der Waals surface area contributed by atoms with Crippen molar-refractivity contribution in [3.8, 4) is 5.75 Å². The second-order valence-corrected chi connectivity index (χ2v) is 11.4. The molecule has 0 saturated carbocycles. The number of anilines is 1. The van der Waals surface area contributed by atoms with E-state index in [1.807, 2.05) is 24.3 Å². The van der Waals surface area contributed by atoms with Crippen molar-refractivity contribution in [2.75, 3.05) is 32.1 Å². The lowest BCUT2D eigenvalue weighted by Gasteiger charge is -2.39. The molecule has 11 heteroatoms. The van der Waals surface area contributed by atoms with Crippen molar-refractivity contribution in [3.05, 3.63) is 102 Å². The summed E-state index contributed by atoms with van der Waals surface area (Å²) in [5, 5.41) is 6.81. The number of hydrogen-bond donors (Lipinski definition) is 2. The molecule has 1 heterocycles. The molecule has 212 valence electrons. The summed E-state index contributed by atoms with van der Waals surface area (Å²) < 4.78 is 47.8. The SMILES string of the molecule is COc1cccc(CNC(=O)C2CN(C(=O)Nc3ccc(F)cc3)CCN2S(=O)(=O)c2cccc3ccccc23)c1. The molecule has 0 bridgehead atoms. The Kier molecular flexibility index (Phi) is 8.18. The number of methoxy groups -OCH3 is 1. The molecule has 0 radical (unpaired) electrons. The molecule has 4 aromatic carbocycles. The van der Waals surface area contributed by atoms with Gasteiger partial charge in [-0.05, 0) is 53.4 Å². The lowest BCUT2D eigenvalue weighted by atomic mass is 10.1. The van der Waals surface area contributed by atoms with E-state index in [1.54, 1.807) is 43.5 Å². The summed E-state index contributed by atoms with van der Waals surface area (Å²) in [6, 6.07) is 22.9. The van der Waals surface area contributed by atoms with Crippen molar-refractivity contribution in [1.29, 1.82) is 0 Å². The van der Waals surface area contributed by atoms with Crippen molar-refractivity contribution in [2.45, 2.75) is 17.5 Å². The number of nitrogens with zero attached hydrogens (tertiary/aromatic N) is 2. The maximum absolute atomic E-state index is 14.0. The zero-order valence-electron chi connectivity index (χ0n) is 22.3. The number of fused-ring (bicyclic) bond motifs is 1. The molecule has 1 fully saturated rings. The molecule has 1 aliphatic rings. The highest BCUT2D eigenvalue weighted by molar-refractivity contribution is 7.89. The van der Waals surface area contributed by atoms with Crippen LogP contribution in [0.2, 0.25) is 0 Å². The number of carbonyl (C=O) groups excluding carboxylic acids is 2. The third-order valence-corrected chi connectivity index (χ3v) is 8.92. The van der Waals surface area contributed by atoms with Gasteiger partial charge < -0.3 is 20.3 Å². The van der Waals surface area contributed by atoms with E-state index in [0.29, 0.717) is 16.8 Å². The van der Waals surface area contributed by atoms with Crippen molar-refractivity contribution in [1.82, 2.24) is 14.5 Å². The van der Waals surface area contributed by atoms with Crippen molar-refractivity contribution in [2.24, 2.45) is 0 Å². The van der Waals surface area contributed by atoms with E-state index in [4.69, 9.17) is 4.74 Å². The molecule has 2 N–H and O–H groups in total. The van der Waals surface area contributed by atoms with Crippen LogP contribution in [0.4, 0.5) is 14.9 Å². The molecule has 0 aliphatic carbocycles. The van der Waals surface area contributed by atoms with Crippen molar-refractivity contribution < 1.29 is 27.1 Å². The number of rotatable bonds is 7. The number of amides is 3. The number of piperazine rings is 1. The van der Waals surface area contributed by atoms with Gasteiger partial charge in [0, 0.05) is 37.3 Å². The van der Waals surface area contributed by atoms with Gasteiger partial charge in [-0.3, -0.25) is 4.79 Å². The fourth-order valence-electron chi connectivity index (χ4n) is 4.82. The van der Waals surface area contributed by atoms with Gasteiger partial charge in [0.2, 0.25) is 15.9 Å². The van der Waals surface area contributed by atoms with Gasteiger partial charge in [0.25, 0.3) is 0 Å². The second kappa shape index (κ2) is 11.9. The molecule has 1 aliphatic heterocycles. The Morgan fingerprint density at radius 1 is 0.951 bits per heavy atom. The van der Waals surface area contributed by atoms with Crippen LogP contribution < -0.4 is 15.4 Å². The predicted molar refractivity (Wildman–Crippen MR) is 153 cm³/mol. The van der Waals surface area contributed by atoms with Crippen LogP contribution in [-0.4, -0.2) is 62.3 Å². The van der Waals surface area contributed by atoms with Crippen LogP contribution in [0.25, 0.3) is 10.8 Å². The van der Waals surface area contributed by atoms with Crippen LogP contribution in [0.3, 0.4) is 0 Å². The zero-order valence-corrected chi connectivity index (χ0v) is 23.1. The molecule has 1 saturated heterocycles. The van der Waals surface area contributed by atoms with Crippen molar-refractivity contribution in [3.63, 3.8) is 0 Å². The highest BCUT2D eigenvalue weighted by Crippen LogP contribution is 2.28. The van der Waals surface area contributed by atoms with Gasteiger partial charge >= 0.3 is 6.03 Å². The van der Waals surface area contributed by atoms with Crippen LogP contribution in [-0.2, 0) is 21.4 Å². The standard InChI is InChI=1S/C30H29FN4O5S/c1-40-25-9-4-6-21(18-25)19-32-29(36)27-20-34(30(37)33-24-14-12-23(31)13-15-24)16-17-35(27)41(38,39)28-11-5-8-22-7-2-3-10-26(22)28/h2-15,18,27H,16-17,19-20H2,1H3,(H,32,36)(H,33,37). The summed E-state index contributed by atoms with van der Waals surface area (Å²) in [5.41, 5.74) is 1.14. The molecule has 4 aromatic rings. The molecular weight excluding hydrogens is 547 g/mol. The minimum Gasteiger partial charge on any atom is -0.497 e. The number of sulfonamides is 1. The number of hydrogen-bond acceptors (Lipinski definition) is 5. The van der Waals surface area contributed by atoms with E-state index in [2.05, 4.69) is 10.6 Å². The van der Waals surface area contributed by atoms with E-state index < -0.39 is 33.8 Å². The Balaban J connectivity index is 1.42. The quantitative estimate of drug-likeness (QED) is 0.343. The molecule has 0 spiro atoms. The smallest absolute Gasteiger partial charge is 0.321 e. The first-order chi connectivity index (χ1) is 19.8. The third kappa shape index (κ3) is 6.16. The largest absolute Gasteiger partial charge is 0.497 e. The number of carbonyl (C=O) groups is 2. The Morgan fingerprint density at radius 3 is 2.46 bits per heavy atom. The number of urea groups is 1. The zero-order chi connectivity index (χ0) is 29.0. The van der Waals surface area contributed by atoms with Gasteiger partial charge in [-0.2, -0.15) is 4.31 Å². The monoisotopic (exact) mass is 576 g/mol. The highest BCUT2D eigenvalue weighted by Gasteiger charge is 2.41. The van der Waals surface area contributed by atoms with Crippen LogP contribution in [0.5, 0.6) is 5.75 Å². The van der Waals surface area contributed by atoms with Gasteiger partial charge in [0.1, 0.15) is 17.6 Å². The topological polar surface area (TPSA) is 108 Å². The molecule has 9 nitrogen and oxygen atoms in total. The van der Waals surface area contributed by atoms with Gasteiger partial charge in [-0.25, -0.2) is 17.6 Å². The van der Waals surface area contributed by atoms with Crippen LogP contribution >= 0.6 is 0 Å². The van der Waals surface area contributed by atoms with E-state index >= 15 is 0 Å². The lowest BCUT2D eigenvalue weighted by Crippen LogP contribution is -2.61. The number of nitrogens with one attached hydrogen (secondary N) is 2. The summed E-state index contributed by atoms with van der Waals surface area (Å²) in [4.78, 5) is 28.1. The van der Waals surface area contributed by atoms with Crippen LogP contribution in [0.15, 0.2) is 95.9 Å². The molecule has 1 unspecified atom stereocenters. The average Bonchev–Trinajstić information content (AvgIpc) is 3.00. The third-order valence-electron chi connectivity index (χ3n) is 6.95. The first-order valence-electron chi connectivity index (χ1n) is 13.0. The fourth-order valence-corrected chi connectivity index (χ4v) is 6.61. The molecule has 1 atom stereocenters. The van der Waals surface area contributed by atoms with E-state index in [-0.39, 0.29) is 31.1 Å². The van der Waals surface area contributed by atoms with E-state index in [9.17, 15) is 22.4 Å². The minimum atomic E-state index is -4.14. The summed E-state index contributed by atoms with van der Waals surface area (Å²) in [7, 11) is -2.59. The molecule has 5 rings (SSSR count). The Morgan fingerprint density at radius 2 is 1.68 bits per heavy atom. The predicted octanol–water partition coefficient (Wildman–Crippen LogP) is 4.21. The van der Waals surface area contributed by atoms with Gasteiger partial charge in [-0.15, -0.1) is 0 Å². The Labute approximate surface area is 237 Å². The molecule has 0 aromatic heterocycles.